The number of unbranched alkanes of at least 4 members (excludes halogenated alkanes) is 20. The summed E-state index contributed by atoms with van der Waals surface area (Å²) in [6.07, 6.45) is 65.9. The third-order valence-corrected chi connectivity index (χ3v) is 10.4. The lowest BCUT2D eigenvalue weighted by molar-refractivity contribution is -0.163. The molecule has 5 heteroatoms. The Bertz CT molecular complexity index is 1130. The standard InChI is InChI=1S/C55H94O5/c1-4-7-10-13-16-19-22-25-27-28-29-31-33-36-39-42-45-48-54(56)59-52-53(51-58-50-47-44-41-38-35-32-26-23-20-17-14-11-8-5-2)60-55(57)49-46-43-40-37-34-30-24-21-18-15-12-9-6-3/h8,11,16-17,19-21,24-27,32,38,41,53H,4-7,9-10,12-15,18,22-23,28-31,33-37,39-40,42-52H2,1-3H3/b11-8-,19-16-,20-17-,24-21-,27-25-,32-26-,41-38-. The molecule has 0 aromatic rings. The molecule has 0 aromatic carbocycles. The van der Waals surface area contributed by atoms with E-state index in [1.54, 1.807) is 0 Å². The average molecular weight is 835 g/mol. The number of carbonyl (C=O) groups is 2. The molecule has 344 valence electrons. The Balaban J connectivity index is 4.36. The molecule has 1 unspecified atom stereocenters. The number of allylic oxidation sites excluding steroid dienone is 14. The minimum absolute atomic E-state index is 0.0528. The summed E-state index contributed by atoms with van der Waals surface area (Å²) >= 11 is 0. The van der Waals surface area contributed by atoms with Crippen molar-refractivity contribution in [3.63, 3.8) is 0 Å². The molecule has 0 N–H and O–H groups in total. The highest BCUT2D eigenvalue weighted by atomic mass is 16.6. The number of rotatable bonds is 45. The monoisotopic (exact) mass is 835 g/mol. The van der Waals surface area contributed by atoms with Crippen LogP contribution in [-0.2, 0) is 23.8 Å². The highest BCUT2D eigenvalue weighted by Gasteiger charge is 2.17. The Morgan fingerprint density at radius 2 is 0.750 bits per heavy atom. The molecule has 0 aliphatic carbocycles. The predicted molar refractivity (Wildman–Crippen MR) is 260 cm³/mol. The van der Waals surface area contributed by atoms with E-state index >= 15 is 0 Å². The van der Waals surface area contributed by atoms with Gasteiger partial charge in [0.2, 0.25) is 0 Å². The Kier molecular flexibility index (Phi) is 48.0. The van der Waals surface area contributed by atoms with Gasteiger partial charge in [0.1, 0.15) is 6.61 Å². The molecular weight excluding hydrogens is 741 g/mol. The molecule has 0 saturated heterocycles. The van der Waals surface area contributed by atoms with Crippen molar-refractivity contribution in [3.05, 3.63) is 85.1 Å². The van der Waals surface area contributed by atoms with Crippen molar-refractivity contribution in [1.82, 2.24) is 0 Å². The Hall–Kier alpha value is -2.92. The smallest absolute Gasteiger partial charge is 0.306 e. The molecule has 0 aliphatic heterocycles. The summed E-state index contributed by atoms with van der Waals surface area (Å²) in [6, 6.07) is 0. The molecule has 0 radical (unpaired) electrons. The minimum Gasteiger partial charge on any atom is -0.462 e. The maximum absolute atomic E-state index is 12.8. The van der Waals surface area contributed by atoms with Gasteiger partial charge in [0, 0.05) is 19.4 Å². The summed E-state index contributed by atoms with van der Waals surface area (Å²) in [6.45, 7) is 7.52. The second-order valence-electron chi connectivity index (χ2n) is 16.3. The summed E-state index contributed by atoms with van der Waals surface area (Å²) < 4.78 is 17.3. The molecular formula is C55H94O5. The maximum atomic E-state index is 12.8. The van der Waals surface area contributed by atoms with Gasteiger partial charge >= 0.3 is 11.9 Å². The zero-order valence-electron chi connectivity index (χ0n) is 39.5. The van der Waals surface area contributed by atoms with Crippen LogP contribution in [0.15, 0.2) is 85.1 Å². The summed E-state index contributed by atoms with van der Waals surface area (Å²) in [7, 11) is 0. The van der Waals surface area contributed by atoms with E-state index in [-0.39, 0.29) is 25.2 Å². The molecule has 1 atom stereocenters. The number of ether oxygens (including phenoxy) is 3. The maximum Gasteiger partial charge on any atom is 0.306 e. The average Bonchev–Trinajstić information content (AvgIpc) is 3.25. The topological polar surface area (TPSA) is 61.8 Å². The number of carbonyl (C=O) groups excluding carboxylic acids is 2. The summed E-state index contributed by atoms with van der Waals surface area (Å²) in [5.74, 6) is -0.448. The highest BCUT2D eigenvalue weighted by Crippen LogP contribution is 2.13. The Labute approximate surface area is 371 Å². The fourth-order valence-electron chi connectivity index (χ4n) is 6.66. The second kappa shape index (κ2) is 50.4. The van der Waals surface area contributed by atoms with E-state index in [1.807, 2.05) is 0 Å². The lowest BCUT2D eigenvalue weighted by Gasteiger charge is -2.18. The van der Waals surface area contributed by atoms with E-state index in [9.17, 15) is 9.59 Å². The molecule has 0 aliphatic rings. The number of hydrogen-bond acceptors (Lipinski definition) is 5. The van der Waals surface area contributed by atoms with E-state index in [2.05, 4.69) is 106 Å². The predicted octanol–water partition coefficient (Wildman–Crippen LogP) is 16.9. The Morgan fingerprint density at radius 1 is 0.383 bits per heavy atom. The van der Waals surface area contributed by atoms with Gasteiger partial charge < -0.3 is 14.2 Å². The SMILES string of the molecule is CC/C=C\C/C=C\C/C=C\C/C=C\CCCOCC(COC(=O)CCCCCCCCC/C=C\C/C=C\CCCCC)OC(=O)CCCCCCC/C=C\CCCCCC. The first-order valence-electron chi connectivity index (χ1n) is 25.1. The van der Waals surface area contributed by atoms with Gasteiger partial charge in [0.05, 0.1) is 6.61 Å². The van der Waals surface area contributed by atoms with Crippen LogP contribution >= 0.6 is 0 Å². The van der Waals surface area contributed by atoms with E-state index in [0.29, 0.717) is 19.4 Å². The van der Waals surface area contributed by atoms with E-state index in [0.717, 1.165) is 89.9 Å². The zero-order valence-corrected chi connectivity index (χ0v) is 39.5. The largest absolute Gasteiger partial charge is 0.462 e. The fourth-order valence-corrected chi connectivity index (χ4v) is 6.66. The van der Waals surface area contributed by atoms with Gasteiger partial charge in [-0.25, -0.2) is 0 Å². The third-order valence-electron chi connectivity index (χ3n) is 10.4. The zero-order chi connectivity index (χ0) is 43.5. The van der Waals surface area contributed by atoms with Crippen LogP contribution in [0.5, 0.6) is 0 Å². The highest BCUT2D eigenvalue weighted by molar-refractivity contribution is 5.70. The quantitative estimate of drug-likeness (QED) is 0.0347. The number of hydrogen-bond donors (Lipinski definition) is 0. The molecule has 0 aromatic heterocycles. The normalized spacial score (nSPS) is 12.9. The summed E-state index contributed by atoms with van der Waals surface area (Å²) in [4.78, 5) is 25.4. The molecule has 5 nitrogen and oxygen atoms in total. The van der Waals surface area contributed by atoms with Gasteiger partial charge in [-0.15, -0.1) is 0 Å². The van der Waals surface area contributed by atoms with Gasteiger partial charge in [-0.2, -0.15) is 0 Å². The molecule has 0 heterocycles. The summed E-state index contributed by atoms with van der Waals surface area (Å²) in [5, 5.41) is 0. The lowest BCUT2D eigenvalue weighted by atomic mass is 10.1. The van der Waals surface area contributed by atoms with Gasteiger partial charge in [-0.1, -0.05) is 189 Å². The van der Waals surface area contributed by atoms with Crippen molar-refractivity contribution in [3.8, 4) is 0 Å². The van der Waals surface area contributed by atoms with Crippen LogP contribution in [0.1, 0.15) is 226 Å². The van der Waals surface area contributed by atoms with Crippen LogP contribution in [0.25, 0.3) is 0 Å². The first-order valence-corrected chi connectivity index (χ1v) is 25.1. The van der Waals surface area contributed by atoms with Gasteiger partial charge in [0.15, 0.2) is 6.10 Å². The molecule has 0 rings (SSSR count). The van der Waals surface area contributed by atoms with Crippen LogP contribution in [0.4, 0.5) is 0 Å². The second-order valence-corrected chi connectivity index (χ2v) is 16.3. The third kappa shape index (κ3) is 47.8. The van der Waals surface area contributed by atoms with Crippen LogP contribution < -0.4 is 0 Å². The Morgan fingerprint density at radius 3 is 1.25 bits per heavy atom. The van der Waals surface area contributed by atoms with Crippen molar-refractivity contribution in [2.45, 2.75) is 232 Å². The van der Waals surface area contributed by atoms with Gasteiger partial charge in [-0.05, 0) is 109 Å². The van der Waals surface area contributed by atoms with Crippen molar-refractivity contribution in [2.24, 2.45) is 0 Å². The van der Waals surface area contributed by atoms with E-state index in [1.165, 1.54) is 103 Å². The van der Waals surface area contributed by atoms with Crippen molar-refractivity contribution >= 4 is 11.9 Å². The first-order chi connectivity index (χ1) is 29.6. The first kappa shape index (κ1) is 57.1. The lowest BCUT2D eigenvalue weighted by Crippen LogP contribution is -2.30. The van der Waals surface area contributed by atoms with E-state index in [4.69, 9.17) is 14.2 Å². The van der Waals surface area contributed by atoms with Crippen molar-refractivity contribution < 1.29 is 23.8 Å². The van der Waals surface area contributed by atoms with Crippen LogP contribution in [0, 0.1) is 0 Å². The van der Waals surface area contributed by atoms with Crippen LogP contribution in [0.2, 0.25) is 0 Å². The van der Waals surface area contributed by atoms with Crippen LogP contribution in [0.3, 0.4) is 0 Å². The van der Waals surface area contributed by atoms with Crippen molar-refractivity contribution in [1.29, 1.82) is 0 Å². The molecule has 0 bridgehead atoms. The van der Waals surface area contributed by atoms with Crippen LogP contribution in [-0.4, -0.2) is 37.9 Å². The van der Waals surface area contributed by atoms with Crippen molar-refractivity contribution in [2.75, 3.05) is 19.8 Å². The molecule has 60 heavy (non-hydrogen) atoms. The molecule has 0 amide bonds. The molecule has 0 spiro atoms. The number of esters is 2. The minimum atomic E-state index is -0.575. The van der Waals surface area contributed by atoms with Gasteiger partial charge in [-0.3, -0.25) is 9.59 Å². The summed E-state index contributed by atoms with van der Waals surface area (Å²) in [5.41, 5.74) is 0. The fraction of sp³-hybridized carbons (Fsp3) is 0.709. The molecule has 0 fully saturated rings. The molecule has 0 saturated carbocycles. The van der Waals surface area contributed by atoms with Gasteiger partial charge in [0.25, 0.3) is 0 Å². The van der Waals surface area contributed by atoms with E-state index < -0.39 is 6.10 Å².